The second kappa shape index (κ2) is 8.26. The first-order valence-electron chi connectivity index (χ1n) is 10.8. The van der Waals surface area contributed by atoms with Crippen molar-refractivity contribution in [1.29, 1.82) is 5.26 Å². The van der Waals surface area contributed by atoms with Crippen LogP contribution in [-0.2, 0) is 5.41 Å². The predicted molar refractivity (Wildman–Crippen MR) is 127 cm³/mol. The van der Waals surface area contributed by atoms with E-state index in [1.54, 1.807) is 14.2 Å². The smallest absolute Gasteiger partial charge is 0.161 e. The van der Waals surface area contributed by atoms with Crippen LogP contribution in [0.1, 0.15) is 57.1 Å². The molecule has 2 aliphatic carbocycles. The Kier molecular flexibility index (Phi) is 5.96. The normalized spacial score (nSPS) is 28.7. The fraction of sp³-hybridized carbons (Fsp3) is 0.500. The number of fused-ring (bicyclic) bond motifs is 3. The SMILES string of the molecule is COc1cc2c(cc1OC)[C@@]1(C)CC[C@H](Sc3ccc(Cl)cc3)C(C)(C)[C@@H]1C[C@@H]2C#N. The Morgan fingerprint density at radius 3 is 2.32 bits per heavy atom. The van der Waals surface area contributed by atoms with E-state index in [0.29, 0.717) is 16.9 Å². The van der Waals surface area contributed by atoms with E-state index in [-0.39, 0.29) is 16.7 Å². The second-order valence-corrected chi connectivity index (χ2v) is 11.3. The van der Waals surface area contributed by atoms with Crippen LogP contribution in [0, 0.1) is 22.7 Å². The first kappa shape index (κ1) is 22.4. The number of ether oxygens (including phenoxy) is 2. The van der Waals surface area contributed by atoms with Crippen molar-refractivity contribution < 1.29 is 9.47 Å². The molecule has 0 aliphatic heterocycles. The molecule has 2 aromatic carbocycles. The van der Waals surface area contributed by atoms with Crippen LogP contribution < -0.4 is 9.47 Å². The summed E-state index contributed by atoms with van der Waals surface area (Å²) in [6.07, 6.45) is 3.09. The van der Waals surface area contributed by atoms with E-state index < -0.39 is 0 Å². The van der Waals surface area contributed by atoms with Crippen molar-refractivity contribution >= 4 is 23.4 Å². The lowest BCUT2D eigenvalue weighted by molar-refractivity contribution is 0.0435. The molecule has 1 fully saturated rings. The Balaban J connectivity index is 1.74. The maximum Gasteiger partial charge on any atom is 0.161 e. The molecule has 164 valence electrons. The molecule has 0 aromatic heterocycles. The summed E-state index contributed by atoms with van der Waals surface area (Å²) in [4.78, 5) is 1.26. The summed E-state index contributed by atoms with van der Waals surface area (Å²) in [5, 5.41) is 11.3. The van der Waals surface area contributed by atoms with Gasteiger partial charge in [-0.3, -0.25) is 0 Å². The summed E-state index contributed by atoms with van der Waals surface area (Å²) in [6.45, 7) is 7.17. The van der Waals surface area contributed by atoms with Crippen LogP contribution in [0.2, 0.25) is 5.02 Å². The molecule has 3 nitrogen and oxygen atoms in total. The zero-order valence-electron chi connectivity index (χ0n) is 18.9. The lowest BCUT2D eigenvalue weighted by Crippen LogP contribution is -2.53. The van der Waals surface area contributed by atoms with Crippen LogP contribution in [0.25, 0.3) is 0 Å². The molecule has 1 saturated carbocycles. The molecule has 0 amide bonds. The number of nitriles is 1. The van der Waals surface area contributed by atoms with Gasteiger partial charge in [0.15, 0.2) is 11.5 Å². The largest absolute Gasteiger partial charge is 0.493 e. The number of methoxy groups -OCH3 is 2. The van der Waals surface area contributed by atoms with Crippen molar-refractivity contribution in [3.63, 3.8) is 0 Å². The highest BCUT2D eigenvalue weighted by atomic mass is 35.5. The van der Waals surface area contributed by atoms with Crippen LogP contribution in [0.15, 0.2) is 41.3 Å². The van der Waals surface area contributed by atoms with Crippen molar-refractivity contribution in [2.45, 2.75) is 61.5 Å². The summed E-state index contributed by atoms with van der Waals surface area (Å²) in [5.74, 6) is 1.71. The number of halogens is 1. The molecule has 31 heavy (non-hydrogen) atoms. The van der Waals surface area contributed by atoms with E-state index in [4.69, 9.17) is 21.1 Å². The van der Waals surface area contributed by atoms with E-state index in [1.165, 1.54) is 10.5 Å². The van der Waals surface area contributed by atoms with Crippen molar-refractivity contribution in [2.75, 3.05) is 14.2 Å². The van der Waals surface area contributed by atoms with Gasteiger partial charge in [0.1, 0.15) is 0 Å². The van der Waals surface area contributed by atoms with Crippen LogP contribution >= 0.6 is 23.4 Å². The Morgan fingerprint density at radius 2 is 1.71 bits per heavy atom. The van der Waals surface area contributed by atoms with E-state index >= 15 is 0 Å². The number of hydrogen-bond acceptors (Lipinski definition) is 4. The zero-order valence-corrected chi connectivity index (χ0v) is 20.4. The highest BCUT2D eigenvalue weighted by Gasteiger charge is 2.55. The summed E-state index contributed by atoms with van der Waals surface area (Å²) in [7, 11) is 3.33. The Hall–Kier alpha value is -1.83. The van der Waals surface area contributed by atoms with Gasteiger partial charge in [0.05, 0.1) is 26.2 Å². The van der Waals surface area contributed by atoms with E-state index in [0.717, 1.165) is 35.6 Å². The molecule has 0 unspecified atom stereocenters. The maximum absolute atomic E-state index is 10.1. The van der Waals surface area contributed by atoms with Crippen molar-refractivity contribution in [3.8, 4) is 17.6 Å². The number of nitrogens with zero attached hydrogens (tertiary/aromatic N) is 1. The number of thioether (sulfide) groups is 1. The van der Waals surface area contributed by atoms with Gasteiger partial charge in [0.25, 0.3) is 0 Å². The Morgan fingerprint density at radius 1 is 1.06 bits per heavy atom. The fourth-order valence-electron chi connectivity index (χ4n) is 5.96. The minimum absolute atomic E-state index is 0.00277. The lowest BCUT2D eigenvalue weighted by Gasteiger charge is -2.58. The molecule has 2 aliphatic rings. The first-order chi connectivity index (χ1) is 14.7. The van der Waals surface area contributed by atoms with Gasteiger partial charge in [-0.1, -0.05) is 32.4 Å². The molecule has 5 heteroatoms. The minimum Gasteiger partial charge on any atom is -0.493 e. The average Bonchev–Trinajstić information content (AvgIpc) is 2.76. The van der Waals surface area contributed by atoms with E-state index in [1.807, 2.05) is 30.0 Å². The summed E-state index contributed by atoms with van der Waals surface area (Å²) < 4.78 is 11.2. The molecule has 4 rings (SSSR count). The number of rotatable bonds is 4. The molecule has 2 aromatic rings. The molecule has 4 atom stereocenters. The maximum atomic E-state index is 10.1. The number of hydrogen-bond donors (Lipinski definition) is 0. The zero-order chi connectivity index (χ0) is 22.4. The molecule has 0 N–H and O–H groups in total. The van der Waals surface area contributed by atoms with Crippen molar-refractivity contribution in [2.24, 2.45) is 11.3 Å². The molecule has 0 radical (unpaired) electrons. The summed E-state index contributed by atoms with van der Waals surface area (Å²) >= 11 is 8.04. The third-order valence-electron chi connectivity index (χ3n) is 7.69. The summed E-state index contributed by atoms with van der Waals surface area (Å²) in [5.41, 5.74) is 2.44. The predicted octanol–water partition coefficient (Wildman–Crippen LogP) is 7.22. The van der Waals surface area contributed by atoms with Gasteiger partial charge in [0.2, 0.25) is 0 Å². The highest BCUT2D eigenvalue weighted by Crippen LogP contribution is 2.62. The minimum atomic E-state index is -0.133. The fourth-order valence-corrected chi connectivity index (χ4v) is 7.41. The average molecular weight is 456 g/mol. The van der Waals surface area contributed by atoms with Crippen LogP contribution in [0.5, 0.6) is 11.5 Å². The second-order valence-electron chi connectivity index (χ2n) is 9.60. The topological polar surface area (TPSA) is 42.2 Å². The number of benzene rings is 2. The van der Waals surface area contributed by atoms with Gasteiger partial charge in [0, 0.05) is 15.2 Å². The highest BCUT2D eigenvalue weighted by molar-refractivity contribution is 8.00. The van der Waals surface area contributed by atoms with Crippen molar-refractivity contribution in [1.82, 2.24) is 0 Å². The van der Waals surface area contributed by atoms with Crippen LogP contribution in [0.4, 0.5) is 0 Å². The molecule has 0 heterocycles. The third-order valence-corrected chi connectivity index (χ3v) is 9.61. The van der Waals surface area contributed by atoms with Crippen LogP contribution in [-0.4, -0.2) is 19.5 Å². The summed E-state index contributed by atoms with van der Waals surface area (Å²) in [6, 6.07) is 14.9. The van der Waals surface area contributed by atoms with Gasteiger partial charge in [-0.2, -0.15) is 5.26 Å². The van der Waals surface area contributed by atoms with E-state index in [2.05, 4.69) is 45.0 Å². The molecular weight excluding hydrogens is 426 g/mol. The Labute approximate surface area is 195 Å². The first-order valence-corrected chi connectivity index (χ1v) is 12.1. The quantitative estimate of drug-likeness (QED) is 0.487. The molecule has 0 spiro atoms. The van der Waals surface area contributed by atoms with Gasteiger partial charge < -0.3 is 9.47 Å². The third kappa shape index (κ3) is 3.70. The molecule has 0 saturated heterocycles. The lowest BCUT2D eigenvalue weighted by atomic mass is 9.49. The van der Waals surface area contributed by atoms with E-state index in [9.17, 15) is 5.26 Å². The van der Waals surface area contributed by atoms with Gasteiger partial charge in [-0.05, 0) is 83.5 Å². The Bertz CT molecular complexity index is 1010. The molecular formula is C26H30ClNO2S. The van der Waals surface area contributed by atoms with Gasteiger partial charge >= 0.3 is 0 Å². The molecule has 0 bridgehead atoms. The van der Waals surface area contributed by atoms with Crippen LogP contribution in [0.3, 0.4) is 0 Å². The van der Waals surface area contributed by atoms with Gasteiger partial charge in [-0.15, -0.1) is 11.8 Å². The van der Waals surface area contributed by atoms with Gasteiger partial charge in [-0.25, -0.2) is 0 Å². The van der Waals surface area contributed by atoms with Crippen molar-refractivity contribution in [3.05, 3.63) is 52.5 Å². The standard InChI is InChI=1S/C26H30ClNO2S/c1-25(2)23-12-16(15-28)19-13-21(29-4)22(30-5)14-20(19)26(23,3)11-10-24(25)31-18-8-6-17(27)7-9-18/h6-9,13-14,16,23-24H,10-12H2,1-5H3/t16-,23+,24+,26-/m1/s1. The monoisotopic (exact) mass is 455 g/mol.